The van der Waals surface area contributed by atoms with Crippen LogP contribution in [0.25, 0.3) is 0 Å². The van der Waals surface area contributed by atoms with Gasteiger partial charge in [0.2, 0.25) is 0 Å². The number of nitrogens with zero attached hydrogens (tertiary/aromatic N) is 3. The summed E-state index contributed by atoms with van der Waals surface area (Å²) in [6.45, 7) is 1.35. The van der Waals surface area contributed by atoms with Crippen LogP contribution in [0, 0.1) is 10.1 Å². The zero-order valence-electron chi connectivity index (χ0n) is 16.6. The number of aliphatic hydroxyl groups is 1. The van der Waals surface area contributed by atoms with Gasteiger partial charge in [0.25, 0.3) is 5.96 Å². The van der Waals surface area contributed by atoms with Gasteiger partial charge < -0.3 is 25.1 Å². The molecular formula is C19H27N5O4S. The molecule has 1 heterocycles. The summed E-state index contributed by atoms with van der Waals surface area (Å²) in [6, 6.07) is 13.0. The Morgan fingerprint density at radius 3 is 2.66 bits per heavy atom. The summed E-state index contributed by atoms with van der Waals surface area (Å²) in [5.74, 6) is 3.28. The molecule has 0 saturated carbocycles. The van der Waals surface area contributed by atoms with Crippen molar-refractivity contribution in [3.05, 3.63) is 69.7 Å². The fourth-order valence-electron chi connectivity index (χ4n) is 2.51. The number of hydrogen-bond acceptors (Lipinski definition) is 6. The molecule has 1 aromatic heterocycles. The first kappa shape index (κ1) is 22.7. The number of rotatable bonds is 11. The molecule has 0 saturated heterocycles. The average Bonchev–Trinajstić information content (AvgIpc) is 3.12. The highest BCUT2D eigenvalue weighted by molar-refractivity contribution is 7.98. The average molecular weight is 422 g/mol. The Hall–Kier alpha value is -2.56. The summed E-state index contributed by atoms with van der Waals surface area (Å²) in [5.41, 5.74) is 0.725. The number of hydrogen-bond donors (Lipinski definition) is 3. The van der Waals surface area contributed by atoms with E-state index in [1.165, 1.54) is 0 Å². The van der Waals surface area contributed by atoms with Crippen LogP contribution < -0.4 is 10.6 Å². The van der Waals surface area contributed by atoms with Crippen LogP contribution in [-0.4, -0.2) is 53.9 Å². The number of nitro groups is 1. The third-order valence-corrected chi connectivity index (χ3v) is 4.78. The molecule has 3 N–H and O–H groups in total. The van der Waals surface area contributed by atoms with Gasteiger partial charge in [0.1, 0.15) is 16.6 Å². The van der Waals surface area contributed by atoms with E-state index in [1.54, 1.807) is 23.9 Å². The molecule has 158 valence electrons. The maximum absolute atomic E-state index is 10.7. The number of aliphatic hydroxyl groups excluding tert-OH is 1. The van der Waals surface area contributed by atoms with E-state index in [-0.39, 0.29) is 12.5 Å². The standard InChI is InChI=1S/C19H27N5O4S/c1-23(2)13-16-8-9-17(28-16)14-29-11-10-20-19(22-24(26)27)21-12-18(25)15-6-4-3-5-7-15/h3-9,18,25H,10-14H2,1-2H3,(H2,20,21,22). The van der Waals surface area contributed by atoms with E-state index in [9.17, 15) is 15.2 Å². The first-order valence-electron chi connectivity index (χ1n) is 9.18. The van der Waals surface area contributed by atoms with Crippen molar-refractivity contribution in [3.63, 3.8) is 0 Å². The molecule has 0 aliphatic rings. The predicted molar refractivity (Wildman–Crippen MR) is 114 cm³/mol. The fourth-order valence-corrected chi connectivity index (χ4v) is 3.26. The van der Waals surface area contributed by atoms with Crippen LogP contribution >= 0.6 is 11.8 Å². The van der Waals surface area contributed by atoms with Gasteiger partial charge in [0, 0.05) is 18.8 Å². The lowest BCUT2D eigenvalue weighted by atomic mass is 10.1. The lowest BCUT2D eigenvalue weighted by Gasteiger charge is -2.14. The molecule has 2 aromatic rings. The van der Waals surface area contributed by atoms with Crippen LogP contribution in [0.5, 0.6) is 0 Å². The molecule has 0 bridgehead atoms. The summed E-state index contributed by atoms with van der Waals surface area (Å²) in [5, 5.41) is 29.1. The zero-order valence-corrected chi connectivity index (χ0v) is 17.4. The summed E-state index contributed by atoms with van der Waals surface area (Å²) in [6.07, 6.45) is -0.792. The lowest BCUT2D eigenvalue weighted by Crippen LogP contribution is -2.41. The second-order valence-electron chi connectivity index (χ2n) is 6.58. The van der Waals surface area contributed by atoms with Gasteiger partial charge in [0.15, 0.2) is 5.03 Å². The van der Waals surface area contributed by atoms with Gasteiger partial charge in [-0.3, -0.25) is 0 Å². The Bertz CT molecular complexity index is 782. The van der Waals surface area contributed by atoms with E-state index in [1.807, 2.05) is 49.3 Å². The van der Waals surface area contributed by atoms with E-state index >= 15 is 0 Å². The van der Waals surface area contributed by atoms with Gasteiger partial charge in [-0.05, 0) is 31.8 Å². The predicted octanol–water partition coefficient (Wildman–Crippen LogP) is 2.03. The molecule has 0 radical (unpaired) electrons. The van der Waals surface area contributed by atoms with Crippen molar-refractivity contribution in [2.24, 2.45) is 5.10 Å². The second-order valence-corrected chi connectivity index (χ2v) is 7.68. The molecule has 10 heteroatoms. The summed E-state index contributed by atoms with van der Waals surface area (Å²) < 4.78 is 5.75. The SMILES string of the molecule is CN(C)Cc1ccc(CSCCN/C(=N/[N+](=O)[O-])NCC(O)c2ccccc2)o1. The summed E-state index contributed by atoms with van der Waals surface area (Å²) in [4.78, 5) is 12.8. The van der Waals surface area contributed by atoms with Crippen molar-refractivity contribution in [2.75, 3.05) is 32.9 Å². The first-order valence-corrected chi connectivity index (χ1v) is 10.3. The highest BCUT2D eigenvalue weighted by Crippen LogP contribution is 2.16. The molecule has 9 nitrogen and oxygen atoms in total. The van der Waals surface area contributed by atoms with Crippen LogP contribution in [0.2, 0.25) is 0 Å². The van der Waals surface area contributed by atoms with Gasteiger partial charge in [-0.1, -0.05) is 30.3 Å². The minimum atomic E-state index is -0.792. The number of hydrazone groups is 1. The molecule has 1 aromatic carbocycles. The normalized spacial score (nSPS) is 12.8. The molecule has 0 spiro atoms. The van der Waals surface area contributed by atoms with Crippen molar-refractivity contribution in [3.8, 4) is 0 Å². The van der Waals surface area contributed by atoms with E-state index in [4.69, 9.17) is 4.42 Å². The summed E-state index contributed by atoms with van der Waals surface area (Å²) >= 11 is 1.65. The largest absolute Gasteiger partial charge is 0.464 e. The van der Waals surface area contributed by atoms with E-state index < -0.39 is 11.1 Å². The molecule has 1 atom stereocenters. The van der Waals surface area contributed by atoms with Crippen LogP contribution in [0.4, 0.5) is 0 Å². The number of thioether (sulfide) groups is 1. The van der Waals surface area contributed by atoms with Crippen LogP contribution in [0.3, 0.4) is 0 Å². The van der Waals surface area contributed by atoms with Crippen LogP contribution in [0.1, 0.15) is 23.2 Å². The van der Waals surface area contributed by atoms with E-state index in [0.717, 1.165) is 29.4 Å². The van der Waals surface area contributed by atoms with Crippen molar-refractivity contribution in [1.29, 1.82) is 0 Å². The van der Waals surface area contributed by atoms with Crippen LogP contribution in [-0.2, 0) is 12.3 Å². The third-order valence-electron chi connectivity index (χ3n) is 3.80. The third kappa shape index (κ3) is 8.99. The Labute approximate surface area is 174 Å². The molecule has 29 heavy (non-hydrogen) atoms. The minimum absolute atomic E-state index is 0.0249. The number of benzene rings is 1. The fraction of sp³-hybridized carbons (Fsp3) is 0.421. The van der Waals surface area contributed by atoms with E-state index in [2.05, 4.69) is 15.7 Å². The molecule has 2 rings (SSSR count). The van der Waals surface area contributed by atoms with E-state index in [0.29, 0.717) is 12.3 Å². The lowest BCUT2D eigenvalue weighted by molar-refractivity contribution is -0.485. The number of furan rings is 1. The van der Waals surface area contributed by atoms with Crippen molar-refractivity contribution >= 4 is 17.7 Å². The van der Waals surface area contributed by atoms with Crippen molar-refractivity contribution in [2.45, 2.75) is 18.4 Å². The maximum Gasteiger partial charge on any atom is 0.268 e. The number of nitrogens with one attached hydrogen (secondary N) is 2. The number of guanidine groups is 1. The van der Waals surface area contributed by atoms with Gasteiger partial charge in [-0.2, -0.15) is 11.8 Å². The Balaban J connectivity index is 1.72. The second kappa shape index (κ2) is 12.1. The topological polar surface area (TPSA) is 116 Å². The molecule has 0 amide bonds. The quantitative estimate of drug-likeness (QED) is 0.166. The van der Waals surface area contributed by atoms with Gasteiger partial charge in [0.05, 0.1) is 18.4 Å². The highest BCUT2D eigenvalue weighted by atomic mass is 32.2. The van der Waals surface area contributed by atoms with Crippen molar-refractivity contribution in [1.82, 2.24) is 15.5 Å². The summed E-state index contributed by atoms with van der Waals surface area (Å²) in [7, 11) is 3.97. The van der Waals surface area contributed by atoms with Gasteiger partial charge in [-0.15, -0.1) is 0 Å². The molecule has 0 aliphatic carbocycles. The minimum Gasteiger partial charge on any atom is -0.464 e. The Morgan fingerprint density at radius 2 is 1.97 bits per heavy atom. The monoisotopic (exact) mass is 421 g/mol. The first-order chi connectivity index (χ1) is 13.9. The Kier molecular flexibility index (Phi) is 9.48. The zero-order chi connectivity index (χ0) is 21.1. The van der Waals surface area contributed by atoms with Crippen molar-refractivity contribution < 1.29 is 14.6 Å². The molecule has 0 aliphatic heterocycles. The molecule has 0 fully saturated rings. The maximum atomic E-state index is 10.7. The Morgan fingerprint density at radius 1 is 1.24 bits per heavy atom. The van der Waals surface area contributed by atoms with Gasteiger partial charge >= 0.3 is 0 Å². The smallest absolute Gasteiger partial charge is 0.268 e. The molecular weight excluding hydrogens is 394 g/mol. The van der Waals surface area contributed by atoms with Gasteiger partial charge in [-0.25, -0.2) is 10.1 Å². The van der Waals surface area contributed by atoms with Crippen LogP contribution in [0.15, 0.2) is 52.0 Å². The highest BCUT2D eigenvalue weighted by Gasteiger charge is 2.10. The molecule has 1 unspecified atom stereocenters.